The molecule has 0 aromatic carbocycles. The zero-order valence-electron chi connectivity index (χ0n) is 10.9. The number of aliphatic hydroxyl groups excluding tert-OH is 1. The normalized spacial score (nSPS) is 24.5. The largest absolute Gasteiger partial charge is 0.394 e. The van der Waals surface area contributed by atoms with Gasteiger partial charge in [-0.3, -0.25) is 9.20 Å². The summed E-state index contributed by atoms with van der Waals surface area (Å²) >= 11 is 5.96. The molecular weight excluding hydrogens is 286 g/mol. The summed E-state index contributed by atoms with van der Waals surface area (Å²) in [5.41, 5.74) is 0.764. The molecule has 2 rings (SSSR count). The van der Waals surface area contributed by atoms with E-state index in [1.807, 2.05) is 0 Å². The number of hydrogen-bond donors (Lipinski definition) is 2. The van der Waals surface area contributed by atoms with Gasteiger partial charge in [-0.05, 0) is 6.42 Å². The van der Waals surface area contributed by atoms with Crippen molar-refractivity contribution in [3.63, 3.8) is 0 Å². The fraction of sp³-hybridized carbons (Fsp3) is 0.667. The lowest BCUT2D eigenvalue weighted by molar-refractivity contribution is 0.248. The van der Waals surface area contributed by atoms with Crippen LogP contribution in [0.3, 0.4) is 0 Å². The molecule has 0 aromatic heterocycles. The highest BCUT2D eigenvalue weighted by molar-refractivity contribution is 7.90. The number of aliphatic hydroxyl groups is 1. The van der Waals surface area contributed by atoms with E-state index in [2.05, 4.69) is 22.2 Å². The van der Waals surface area contributed by atoms with E-state index in [1.54, 1.807) is 0 Å². The van der Waals surface area contributed by atoms with Crippen molar-refractivity contribution in [2.24, 2.45) is 9.98 Å². The molecule has 2 N–H and O–H groups in total. The van der Waals surface area contributed by atoms with Crippen molar-refractivity contribution in [1.82, 2.24) is 5.32 Å². The third kappa shape index (κ3) is 3.43. The van der Waals surface area contributed by atoms with Crippen LogP contribution >= 0.6 is 11.6 Å². The SMILES string of the molecule is CCCC(CO)NC1=NCC(Cl)=NC2=C1S(=O)CC2. The predicted molar refractivity (Wildman–Crippen MR) is 79.2 cm³/mol. The third-order valence-corrected chi connectivity index (χ3v) is 4.71. The van der Waals surface area contributed by atoms with Crippen molar-refractivity contribution in [2.75, 3.05) is 18.9 Å². The van der Waals surface area contributed by atoms with Gasteiger partial charge in [0, 0.05) is 12.2 Å². The number of rotatable bonds is 4. The second kappa shape index (κ2) is 6.63. The van der Waals surface area contributed by atoms with E-state index >= 15 is 0 Å². The third-order valence-electron chi connectivity index (χ3n) is 3.05. The zero-order valence-corrected chi connectivity index (χ0v) is 12.4. The molecule has 19 heavy (non-hydrogen) atoms. The molecule has 0 aromatic rings. The Bertz CT molecular complexity index is 474. The van der Waals surface area contributed by atoms with Gasteiger partial charge in [-0.15, -0.1) is 0 Å². The number of aliphatic imine (C=N–C) groups is 2. The molecule has 2 atom stereocenters. The van der Waals surface area contributed by atoms with Crippen molar-refractivity contribution >= 4 is 33.4 Å². The molecule has 2 aliphatic rings. The van der Waals surface area contributed by atoms with Crippen LogP contribution in [-0.2, 0) is 10.8 Å². The maximum Gasteiger partial charge on any atom is 0.140 e. The van der Waals surface area contributed by atoms with Gasteiger partial charge in [0.25, 0.3) is 0 Å². The smallest absolute Gasteiger partial charge is 0.140 e. The van der Waals surface area contributed by atoms with Gasteiger partial charge in [-0.1, -0.05) is 24.9 Å². The van der Waals surface area contributed by atoms with Crippen LogP contribution in [0.4, 0.5) is 0 Å². The highest BCUT2D eigenvalue weighted by atomic mass is 35.5. The maximum absolute atomic E-state index is 12.1. The Morgan fingerprint density at radius 2 is 2.37 bits per heavy atom. The van der Waals surface area contributed by atoms with Crippen LogP contribution in [0.2, 0.25) is 0 Å². The molecular formula is C12H18ClN3O2S. The van der Waals surface area contributed by atoms with Crippen LogP contribution in [0.5, 0.6) is 0 Å². The Morgan fingerprint density at radius 1 is 1.58 bits per heavy atom. The molecule has 106 valence electrons. The zero-order chi connectivity index (χ0) is 13.8. The van der Waals surface area contributed by atoms with Crippen LogP contribution in [0.25, 0.3) is 0 Å². The number of nitrogens with zero attached hydrogens (tertiary/aromatic N) is 2. The molecule has 2 heterocycles. The molecule has 2 aliphatic heterocycles. The Kier molecular flexibility index (Phi) is 5.13. The topological polar surface area (TPSA) is 74.0 Å². The second-order valence-corrected chi connectivity index (χ2v) is 6.48. The summed E-state index contributed by atoms with van der Waals surface area (Å²) in [6.45, 7) is 2.37. The van der Waals surface area contributed by atoms with Gasteiger partial charge in [0.1, 0.15) is 15.9 Å². The number of halogens is 1. The molecule has 0 fully saturated rings. The van der Waals surface area contributed by atoms with Gasteiger partial charge in [0.05, 0.1) is 35.7 Å². The van der Waals surface area contributed by atoms with Crippen molar-refractivity contribution in [2.45, 2.75) is 32.2 Å². The molecule has 0 aliphatic carbocycles. The average molecular weight is 304 g/mol. The van der Waals surface area contributed by atoms with Gasteiger partial charge in [0.2, 0.25) is 0 Å². The first kappa shape index (κ1) is 14.7. The first-order valence-corrected chi connectivity index (χ1v) is 8.12. The summed E-state index contributed by atoms with van der Waals surface area (Å²) in [4.78, 5) is 9.28. The minimum atomic E-state index is -1.08. The van der Waals surface area contributed by atoms with Gasteiger partial charge in [0.15, 0.2) is 0 Å². The Labute approximate surface area is 120 Å². The van der Waals surface area contributed by atoms with Crippen LogP contribution in [0, 0.1) is 0 Å². The standard InChI is InChI=1S/C12H18ClN3O2S/c1-2-3-8(7-17)15-12-11-9(4-5-19(11)18)16-10(13)6-14-12/h8,17H,2-7H2,1H3,(H,14,15). The molecule has 0 bridgehead atoms. The molecule has 7 heteroatoms. The van der Waals surface area contributed by atoms with E-state index in [1.165, 1.54) is 0 Å². The van der Waals surface area contributed by atoms with Crippen molar-refractivity contribution in [1.29, 1.82) is 0 Å². The monoisotopic (exact) mass is 303 g/mol. The van der Waals surface area contributed by atoms with Crippen LogP contribution in [-0.4, -0.2) is 45.3 Å². The highest BCUT2D eigenvalue weighted by Crippen LogP contribution is 2.26. The first-order chi connectivity index (χ1) is 9.15. The minimum Gasteiger partial charge on any atom is -0.394 e. The summed E-state index contributed by atoms with van der Waals surface area (Å²) < 4.78 is 12.1. The number of amidine groups is 1. The lowest BCUT2D eigenvalue weighted by Gasteiger charge is -2.18. The summed E-state index contributed by atoms with van der Waals surface area (Å²) in [5, 5.41) is 13.0. The van der Waals surface area contributed by atoms with Crippen molar-refractivity contribution in [3.05, 3.63) is 10.6 Å². The van der Waals surface area contributed by atoms with Crippen molar-refractivity contribution < 1.29 is 9.32 Å². The molecule has 0 spiro atoms. The molecule has 5 nitrogen and oxygen atoms in total. The number of nitrogens with one attached hydrogen (secondary N) is 1. The first-order valence-electron chi connectivity index (χ1n) is 6.42. The fourth-order valence-corrected chi connectivity index (χ4v) is 3.64. The second-order valence-electron chi connectivity index (χ2n) is 4.54. The minimum absolute atomic E-state index is 0.0245. The lowest BCUT2D eigenvalue weighted by Crippen LogP contribution is -2.39. The van der Waals surface area contributed by atoms with Gasteiger partial charge in [-0.2, -0.15) is 0 Å². The van der Waals surface area contributed by atoms with Gasteiger partial charge < -0.3 is 10.4 Å². The Hall–Kier alpha value is -0.720. The van der Waals surface area contributed by atoms with Crippen LogP contribution < -0.4 is 5.32 Å². The summed E-state index contributed by atoms with van der Waals surface area (Å²) in [5.74, 6) is 1.15. The van der Waals surface area contributed by atoms with Crippen LogP contribution in [0.15, 0.2) is 20.6 Å². The van der Waals surface area contributed by atoms with Gasteiger partial charge in [-0.25, -0.2) is 4.99 Å². The van der Waals surface area contributed by atoms with E-state index in [0.717, 1.165) is 18.5 Å². The average Bonchev–Trinajstić information content (AvgIpc) is 2.66. The Morgan fingerprint density at radius 3 is 3.05 bits per heavy atom. The van der Waals surface area contributed by atoms with E-state index in [4.69, 9.17) is 11.6 Å². The number of allylic oxidation sites excluding steroid dienone is 1. The quantitative estimate of drug-likeness (QED) is 0.818. The molecule has 0 amide bonds. The van der Waals surface area contributed by atoms with E-state index in [-0.39, 0.29) is 12.6 Å². The molecule has 0 saturated heterocycles. The van der Waals surface area contributed by atoms with E-state index < -0.39 is 10.8 Å². The molecule has 0 saturated carbocycles. The molecule has 2 unspecified atom stereocenters. The van der Waals surface area contributed by atoms with Crippen molar-refractivity contribution in [3.8, 4) is 0 Å². The summed E-state index contributed by atoms with van der Waals surface area (Å²) in [7, 11) is -1.08. The fourth-order valence-electron chi connectivity index (χ4n) is 2.15. The molecule has 0 radical (unpaired) electrons. The van der Waals surface area contributed by atoms with E-state index in [0.29, 0.717) is 34.6 Å². The van der Waals surface area contributed by atoms with Gasteiger partial charge >= 0.3 is 0 Å². The summed E-state index contributed by atoms with van der Waals surface area (Å²) in [6, 6.07) is -0.0769. The Balaban J connectivity index is 2.24. The lowest BCUT2D eigenvalue weighted by atomic mass is 10.2. The maximum atomic E-state index is 12.1. The highest BCUT2D eigenvalue weighted by Gasteiger charge is 2.29. The predicted octanol–water partition coefficient (Wildman–Crippen LogP) is 1.15. The summed E-state index contributed by atoms with van der Waals surface area (Å²) in [6.07, 6.45) is 2.45. The number of hydrogen-bond acceptors (Lipinski definition) is 5. The van der Waals surface area contributed by atoms with E-state index in [9.17, 15) is 9.32 Å². The van der Waals surface area contributed by atoms with Crippen LogP contribution in [0.1, 0.15) is 26.2 Å².